The number of hydrogen-bond donors (Lipinski definition) is 2. The third kappa shape index (κ3) is 6.72. The normalized spacial score (nSPS) is 14.6. The zero-order valence-corrected chi connectivity index (χ0v) is 21.2. The van der Waals surface area contributed by atoms with Gasteiger partial charge < -0.3 is 10.1 Å². The highest BCUT2D eigenvalue weighted by molar-refractivity contribution is 9.11. The van der Waals surface area contributed by atoms with Crippen molar-refractivity contribution < 1.29 is 17.9 Å². The summed E-state index contributed by atoms with van der Waals surface area (Å²) in [6.45, 7) is 0.893. The fourth-order valence-corrected chi connectivity index (χ4v) is 5.94. The number of benzene rings is 2. The van der Waals surface area contributed by atoms with E-state index in [1.165, 1.54) is 16.4 Å². The van der Waals surface area contributed by atoms with Gasteiger partial charge in [0.2, 0.25) is 10.0 Å². The van der Waals surface area contributed by atoms with Crippen LogP contribution in [0, 0.1) is 0 Å². The van der Waals surface area contributed by atoms with Crippen LogP contribution < -0.4 is 15.4 Å². The third-order valence-corrected chi connectivity index (χ3v) is 7.80. The molecule has 166 valence electrons. The van der Waals surface area contributed by atoms with Crippen molar-refractivity contribution in [3.8, 4) is 5.75 Å². The molecule has 1 saturated heterocycles. The Hall–Kier alpha value is -1.53. The smallest absolute Gasteiger partial charge is 0.264 e. The van der Waals surface area contributed by atoms with Crippen LogP contribution in [-0.2, 0) is 14.8 Å². The predicted octanol–water partition coefficient (Wildman–Crippen LogP) is 4.28. The number of carbonyl (C=O) groups is 1. The molecule has 0 spiro atoms. The maximum atomic E-state index is 12.7. The summed E-state index contributed by atoms with van der Waals surface area (Å²) >= 11 is 11.9. The molecule has 31 heavy (non-hydrogen) atoms. The minimum absolute atomic E-state index is 0.0927. The molecule has 0 radical (unpaired) electrons. The molecule has 0 aromatic heterocycles. The standard InChI is InChI=1S/C20H21Br2N3O4S2/c21-14-4-9-18(17(22)12-14)29-13-19(26)24-20(30)23-15-5-7-16(8-6-15)31(27,28)25-10-2-1-3-11-25/h4-9,12H,1-3,10-11,13H2,(H2,23,24,26,30). The summed E-state index contributed by atoms with van der Waals surface area (Å²) < 4.78 is 34.0. The molecule has 0 bridgehead atoms. The van der Waals surface area contributed by atoms with E-state index in [0.717, 1.165) is 28.2 Å². The van der Waals surface area contributed by atoms with Crippen LogP contribution in [-0.4, -0.2) is 43.4 Å². The van der Waals surface area contributed by atoms with E-state index >= 15 is 0 Å². The topological polar surface area (TPSA) is 87.7 Å². The van der Waals surface area contributed by atoms with Gasteiger partial charge in [-0.3, -0.25) is 10.1 Å². The first-order valence-corrected chi connectivity index (χ1v) is 13.0. The van der Waals surface area contributed by atoms with Gasteiger partial charge in [0.25, 0.3) is 5.91 Å². The number of ether oxygens (including phenoxy) is 1. The van der Waals surface area contributed by atoms with E-state index in [4.69, 9.17) is 17.0 Å². The van der Waals surface area contributed by atoms with E-state index < -0.39 is 15.9 Å². The minimum atomic E-state index is -3.49. The van der Waals surface area contributed by atoms with Crippen molar-refractivity contribution in [2.24, 2.45) is 0 Å². The van der Waals surface area contributed by atoms with Gasteiger partial charge in [0, 0.05) is 23.2 Å². The van der Waals surface area contributed by atoms with Crippen molar-refractivity contribution in [1.82, 2.24) is 9.62 Å². The molecule has 0 atom stereocenters. The summed E-state index contributed by atoms with van der Waals surface area (Å²) in [5, 5.41) is 5.49. The quantitative estimate of drug-likeness (QED) is 0.488. The Bertz CT molecular complexity index is 1060. The maximum Gasteiger partial charge on any atom is 0.264 e. The van der Waals surface area contributed by atoms with Gasteiger partial charge in [-0.1, -0.05) is 22.4 Å². The zero-order chi connectivity index (χ0) is 22.4. The van der Waals surface area contributed by atoms with Gasteiger partial charge in [0.15, 0.2) is 11.7 Å². The lowest BCUT2D eigenvalue weighted by Gasteiger charge is -2.25. The summed E-state index contributed by atoms with van der Waals surface area (Å²) in [6, 6.07) is 11.6. The average Bonchev–Trinajstić information content (AvgIpc) is 2.74. The van der Waals surface area contributed by atoms with Gasteiger partial charge in [-0.05, 0) is 83.5 Å². The number of carbonyl (C=O) groups excluding carboxylic acids is 1. The molecule has 11 heteroatoms. The number of halogens is 2. The second-order valence-electron chi connectivity index (χ2n) is 6.85. The summed E-state index contributed by atoms with van der Waals surface area (Å²) in [5.74, 6) is 0.111. The zero-order valence-electron chi connectivity index (χ0n) is 16.4. The Morgan fingerprint density at radius 1 is 1.06 bits per heavy atom. The van der Waals surface area contributed by atoms with Crippen LogP contribution in [0.5, 0.6) is 5.75 Å². The van der Waals surface area contributed by atoms with Crippen LogP contribution >= 0.6 is 44.1 Å². The number of hydrogen-bond acceptors (Lipinski definition) is 5. The molecule has 1 fully saturated rings. The lowest BCUT2D eigenvalue weighted by molar-refractivity contribution is -0.121. The molecule has 7 nitrogen and oxygen atoms in total. The molecule has 0 aliphatic carbocycles. The molecule has 0 saturated carbocycles. The fourth-order valence-electron chi connectivity index (χ4n) is 3.03. The van der Waals surface area contributed by atoms with Crippen LogP contribution in [0.1, 0.15) is 19.3 Å². The monoisotopic (exact) mass is 589 g/mol. The van der Waals surface area contributed by atoms with E-state index in [2.05, 4.69) is 42.5 Å². The first-order valence-electron chi connectivity index (χ1n) is 9.54. The molecular weight excluding hydrogens is 570 g/mol. The lowest BCUT2D eigenvalue weighted by atomic mass is 10.2. The first-order chi connectivity index (χ1) is 14.8. The van der Waals surface area contributed by atoms with Gasteiger partial charge in [0.05, 0.1) is 9.37 Å². The minimum Gasteiger partial charge on any atom is -0.483 e. The van der Waals surface area contributed by atoms with E-state index in [0.29, 0.717) is 24.5 Å². The fraction of sp³-hybridized carbons (Fsp3) is 0.300. The van der Waals surface area contributed by atoms with Crippen LogP contribution in [0.15, 0.2) is 56.3 Å². The van der Waals surface area contributed by atoms with Crippen LogP contribution in [0.4, 0.5) is 5.69 Å². The number of nitrogens with one attached hydrogen (secondary N) is 2. The summed E-state index contributed by atoms with van der Waals surface area (Å²) in [5.41, 5.74) is 0.569. The van der Waals surface area contributed by atoms with Gasteiger partial charge in [0.1, 0.15) is 5.75 Å². The Balaban J connectivity index is 1.51. The van der Waals surface area contributed by atoms with Crippen molar-refractivity contribution in [3.63, 3.8) is 0 Å². The number of amides is 1. The summed E-state index contributed by atoms with van der Waals surface area (Å²) in [6.07, 6.45) is 2.83. The first kappa shape index (κ1) is 24.1. The maximum absolute atomic E-state index is 12.7. The molecular formula is C20H21Br2N3O4S2. The number of thiocarbonyl (C=S) groups is 1. The number of nitrogens with zero attached hydrogens (tertiary/aromatic N) is 1. The van der Waals surface area contributed by atoms with Crippen LogP contribution in [0.25, 0.3) is 0 Å². The lowest BCUT2D eigenvalue weighted by Crippen LogP contribution is -2.37. The van der Waals surface area contributed by atoms with Crippen molar-refractivity contribution in [3.05, 3.63) is 51.4 Å². The molecule has 3 rings (SSSR count). The molecule has 1 amide bonds. The van der Waals surface area contributed by atoms with E-state index in [1.54, 1.807) is 24.3 Å². The highest BCUT2D eigenvalue weighted by Crippen LogP contribution is 2.28. The molecule has 1 aliphatic rings. The Labute approximate surface area is 203 Å². The SMILES string of the molecule is O=C(COc1ccc(Br)cc1Br)NC(=S)Nc1ccc(S(=O)(=O)N2CCCCC2)cc1. The predicted molar refractivity (Wildman–Crippen MR) is 131 cm³/mol. The average molecular weight is 591 g/mol. The molecule has 1 aliphatic heterocycles. The van der Waals surface area contributed by atoms with E-state index in [1.807, 2.05) is 6.07 Å². The number of rotatable bonds is 6. The van der Waals surface area contributed by atoms with Gasteiger partial charge >= 0.3 is 0 Å². The van der Waals surface area contributed by atoms with Crippen LogP contribution in [0.2, 0.25) is 0 Å². The molecule has 2 aromatic rings. The van der Waals surface area contributed by atoms with Gasteiger partial charge in [-0.2, -0.15) is 4.31 Å². The van der Waals surface area contributed by atoms with Crippen LogP contribution in [0.3, 0.4) is 0 Å². The number of piperidine rings is 1. The van der Waals surface area contributed by atoms with E-state index in [-0.39, 0.29) is 16.6 Å². The summed E-state index contributed by atoms with van der Waals surface area (Å²) in [7, 11) is -3.49. The Morgan fingerprint density at radius 3 is 2.39 bits per heavy atom. The third-order valence-electron chi connectivity index (χ3n) is 4.57. The number of anilines is 1. The van der Waals surface area contributed by atoms with Gasteiger partial charge in [-0.25, -0.2) is 8.42 Å². The Kier molecular flexibility index (Phi) is 8.45. The van der Waals surface area contributed by atoms with Crippen molar-refractivity contribution in [2.75, 3.05) is 25.0 Å². The Morgan fingerprint density at radius 2 is 1.74 bits per heavy atom. The largest absolute Gasteiger partial charge is 0.483 e. The molecule has 0 unspecified atom stereocenters. The molecule has 2 aromatic carbocycles. The summed E-state index contributed by atoms with van der Waals surface area (Å²) in [4.78, 5) is 12.3. The van der Waals surface area contributed by atoms with Crippen molar-refractivity contribution >= 4 is 70.8 Å². The molecule has 2 N–H and O–H groups in total. The number of sulfonamides is 1. The van der Waals surface area contributed by atoms with Crippen molar-refractivity contribution in [1.29, 1.82) is 0 Å². The second kappa shape index (κ2) is 10.9. The van der Waals surface area contributed by atoms with Gasteiger partial charge in [-0.15, -0.1) is 0 Å². The van der Waals surface area contributed by atoms with Crippen molar-refractivity contribution in [2.45, 2.75) is 24.2 Å². The molecule has 1 heterocycles. The highest BCUT2D eigenvalue weighted by Gasteiger charge is 2.25. The highest BCUT2D eigenvalue weighted by atomic mass is 79.9. The second-order valence-corrected chi connectivity index (χ2v) is 11.0. The van der Waals surface area contributed by atoms with E-state index in [9.17, 15) is 13.2 Å².